The minimum Gasteiger partial charge on any atom is -0.457 e. The topological polar surface area (TPSA) is 60.2 Å². The van der Waals surface area contributed by atoms with E-state index in [1.165, 1.54) is 12.1 Å². The summed E-state index contributed by atoms with van der Waals surface area (Å²) in [5.41, 5.74) is 0.768. The van der Waals surface area contributed by atoms with Crippen molar-refractivity contribution in [2.45, 2.75) is 24.6 Å². The number of fused-ring (bicyclic) bond motifs is 1. The van der Waals surface area contributed by atoms with E-state index >= 15 is 0 Å². The number of aliphatic hydroxyl groups is 1. The van der Waals surface area contributed by atoms with Crippen molar-refractivity contribution in [3.05, 3.63) is 59.1 Å². The molecule has 2 aromatic carbocycles. The van der Waals surface area contributed by atoms with Crippen molar-refractivity contribution in [2.75, 3.05) is 12.4 Å². The number of halogens is 2. The molecular weight excluding hydrogens is 401 g/mol. The number of aliphatic hydroxyl groups excluding tert-OH is 1. The minimum absolute atomic E-state index is 0.0933. The van der Waals surface area contributed by atoms with Crippen LogP contribution in [-0.2, 0) is 13.0 Å². The predicted molar refractivity (Wildman–Crippen MR) is 109 cm³/mol. The van der Waals surface area contributed by atoms with Crippen LogP contribution in [0.25, 0.3) is 11.4 Å². The maximum atomic E-state index is 13.0. The van der Waals surface area contributed by atoms with Gasteiger partial charge in [0.2, 0.25) is 0 Å². The van der Waals surface area contributed by atoms with Crippen LogP contribution in [-0.4, -0.2) is 37.0 Å². The van der Waals surface area contributed by atoms with Crippen molar-refractivity contribution in [3.8, 4) is 22.9 Å². The Bertz CT molecular complexity index is 996. The summed E-state index contributed by atoms with van der Waals surface area (Å²) in [5, 5.41) is 18.9. The summed E-state index contributed by atoms with van der Waals surface area (Å²) in [6, 6.07) is 11.2. The van der Waals surface area contributed by atoms with Crippen molar-refractivity contribution in [3.63, 3.8) is 0 Å². The molecule has 0 aliphatic carbocycles. The number of aromatic nitrogens is 3. The fraction of sp³-hybridized carbons (Fsp3) is 0.300. The molecule has 2 heterocycles. The standard InChI is InChI=1S/C20H19ClFN3O2S/c1-20(12-26)11-18-23-24-19(25(18)8-9-28-20)16-7-6-15(10-17(16)21)27-14-4-2-13(22)3-5-14/h2-7,10,26H,8-9,11-12H2,1H3. The summed E-state index contributed by atoms with van der Waals surface area (Å²) in [7, 11) is 0. The number of thioether (sulfide) groups is 1. The van der Waals surface area contributed by atoms with Crippen LogP contribution in [0.1, 0.15) is 12.7 Å². The van der Waals surface area contributed by atoms with Crippen LogP contribution < -0.4 is 4.74 Å². The molecule has 0 spiro atoms. The molecule has 28 heavy (non-hydrogen) atoms. The Hall–Kier alpha value is -2.09. The second-order valence-electron chi connectivity index (χ2n) is 6.92. The predicted octanol–water partition coefficient (Wildman–Crippen LogP) is 4.57. The van der Waals surface area contributed by atoms with Crippen LogP contribution in [0.5, 0.6) is 11.5 Å². The highest BCUT2D eigenvalue weighted by Gasteiger charge is 2.31. The van der Waals surface area contributed by atoms with Crippen LogP contribution in [0.2, 0.25) is 5.02 Å². The number of hydrogen-bond acceptors (Lipinski definition) is 5. The molecule has 0 fully saturated rings. The summed E-state index contributed by atoms with van der Waals surface area (Å²) in [5.74, 6) is 3.18. The van der Waals surface area contributed by atoms with E-state index in [0.29, 0.717) is 28.8 Å². The fourth-order valence-electron chi connectivity index (χ4n) is 3.15. The SMILES string of the molecule is CC1(CO)Cc2nnc(-c3ccc(Oc4ccc(F)cc4)cc3Cl)n2CCS1. The lowest BCUT2D eigenvalue weighted by Gasteiger charge is -2.23. The minimum atomic E-state index is -0.316. The number of rotatable bonds is 4. The van der Waals surface area contributed by atoms with Gasteiger partial charge < -0.3 is 14.4 Å². The van der Waals surface area contributed by atoms with Gasteiger partial charge in [0, 0.05) is 35.1 Å². The van der Waals surface area contributed by atoms with Crippen molar-refractivity contribution in [1.29, 1.82) is 0 Å². The normalized spacial score (nSPS) is 19.1. The van der Waals surface area contributed by atoms with Gasteiger partial charge in [0.25, 0.3) is 0 Å². The first-order valence-corrected chi connectivity index (χ1v) is 10.2. The largest absolute Gasteiger partial charge is 0.457 e. The third kappa shape index (κ3) is 3.87. The molecule has 8 heteroatoms. The summed E-state index contributed by atoms with van der Waals surface area (Å²) in [4.78, 5) is 0. The zero-order valence-electron chi connectivity index (χ0n) is 15.2. The first-order chi connectivity index (χ1) is 13.5. The molecule has 146 valence electrons. The molecule has 1 aromatic heterocycles. The first kappa shape index (κ1) is 19.2. The number of nitrogens with zero attached hydrogens (tertiary/aromatic N) is 3. The molecule has 1 unspecified atom stereocenters. The lowest BCUT2D eigenvalue weighted by molar-refractivity contribution is 0.254. The molecule has 4 rings (SSSR count). The van der Waals surface area contributed by atoms with Crippen LogP contribution in [0, 0.1) is 5.82 Å². The maximum Gasteiger partial charge on any atom is 0.165 e. The summed E-state index contributed by atoms with van der Waals surface area (Å²) >= 11 is 8.25. The smallest absolute Gasteiger partial charge is 0.165 e. The highest BCUT2D eigenvalue weighted by molar-refractivity contribution is 8.00. The molecule has 0 amide bonds. The van der Waals surface area contributed by atoms with E-state index in [4.69, 9.17) is 16.3 Å². The Morgan fingerprint density at radius 2 is 1.96 bits per heavy atom. The molecule has 5 nitrogen and oxygen atoms in total. The third-order valence-electron chi connectivity index (χ3n) is 4.69. The molecule has 0 saturated carbocycles. The summed E-state index contributed by atoms with van der Waals surface area (Å²) in [6.07, 6.45) is 0.643. The summed E-state index contributed by atoms with van der Waals surface area (Å²) in [6.45, 7) is 2.88. The molecular formula is C20H19ClFN3O2S. The average Bonchev–Trinajstić information content (AvgIpc) is 2.97. The average molecular weight is 420 g/mol. The monoisotopic (exact) mass is 419 g/mol. The van der Waals surface area contributed by atoms with E-state index in [-0.39, 0.29) is 17.2 Å². The quantitative estimate of drug-likeness (QED) is 0.671. The molecule has 1 aliphatic rings. The van der Waals surface area contributed by atoms with Crippen LogP contribution in [0.4, 0.5) is 4.39 Å². The highest BCUT2D eigenvalue weighted by atomic mass is 35.5. The van der Waals surface area contributed by atoms with E-state index in [9.17, 15) is 9.50 Å². The Labute approximate surface area is 171 Å². The van der Waals surface area contributed by atoms with Crippen molar-refractivity contribution in [1.82, 2.24) is 14.8 Å². The third-order valence-corrected chi connectivity index (χ3v) is 6.36. The first-order valence-electron chi connectivity index (χ1n) is 8.88. The Morgan fingerprint density at radius 3 is 2.68 bits per heavy atom. The van der Waals surface area contributed by atoms with E-state index < -0.39 is 0 Å². The Balaban J connectivity index is 1.61. The lowest BCUT2D eigenvalue weighted by Crippen LogP contribution is -2.28. The maximum absolute atomic E-state index is 13.0. The van der Waals surface area contributed by atoms with Gasteiger partial charge in [-0.3, -0.25) is 0 Å². The van der Waals surface area contributed by atoms with E-state index in [1.807, 2.05) is 13.0 Å². The Morgan fingerprint density at radius 1 is 1.21 bits per heavy atom. The molecule has 1 atom stereocenters. The van der Waals surface area contributed by atoms with Gasteiger partial charge in [-0.2, -0.15) is 11.8 Å². The highest BCUT2D eigenvalue weighted by Crippen LogP contribution is 2.36. The second-order valence-corrected chi connectivity index (χ2v) is 9.01. The number of benzene rings is 2. The molecule has 0 bridgehead atoms. The van der Waals surface area contributed by atoms with Crippen molar-refractivity contribution < 1.29 is 14.2 Å². The van der Waals surface area contributed by atoms with Gasteiger partial charge in [-0.05, 0) is 43.3 Å². The number of hydrogen-bond donors (Lipinski definition) is 1. The van der Waals surface area contributed by atoms with Gasteiger partial charge in [0.05, 0.1) is 11.6 Å². The Kier molecular flexibility index (Phi) is 5.31. The van der Waals surface area contributed by atoms with Gasteiger partial charge >= 0.3 is 0 Å². The fourth-order valence-corrected chi connectivity index (χ4v) is 4.49. The van der Waals surface area contributed by atoms with Gasteiger partial charge in [0.15, 0.2) is 5.82 Å². The summed E-state index contributed by atoms with van der Waals surface area (Å²) < 4.78 is 20.6. The molecule has 0 radical (unpaired) electrons. The second kappa shape index (κ2) is 7.73. The molecule has 1 N–H and O–H groups in total. The zero-order chi connectivity index (χ0) is 19.7. The van der Waals surface area contributed by atoms with Crippen LogP contribution >= 0.6 is 23.4 Å². The number of ether oxygens (including phenoxy) is 1. The van der Waals surface area contributed by atoms with Crippen LogP contribution in [0.15, 0.2) is 42.5 Å². The van der Waals surface area contributed by atoms with Gasteiger partial charge in [-0.15, -0.1) is 10.2 Å². The zero-order valence-corrected chi connectivity index (χ0v) is 16.8. The van der Waals surface area contributed by atoms with Gasteiger partial charge in [-0.25, -0.2) is 4.39 Å². The lowest BCUT2D eigenvalue weighted by atomic mass is 10.1. The molecule has 3 aromatic rings. The van der Waals surface area contributed by atoms with Crippen molar-refractivity contribution >= 4 is 23.4 Å². The van der Waals surface area contributed by atoms with E-state index in [0.717, 1.165) is 23.7 Å². The molecule has 1 aliphatic heterocycles. The van der Waals surface area contributed by atoms with Crippen molar-refractivity contribution in [2.24, 2.45) is 0 Å². The molecule has 0 saturated heterocycles. The van der Waals surface area contributed by atoms with E-state index in [1.54, 1.807) is 36.0 Å². The van der Waals surface area contributed by atoms with E-state index in [2.05, 4.69) is 14.8 Å². The van der Waals surface area contributed by atoms with Gasteiger partial charge in [-0.1, -0.05) is 11.6 Å². The van der Waals surface area contributed by atoms with Gasteiger partial charge in [0.1, 0.15) is 23.1 Å². The van der Waals surface area contributed by atoms with Crippen LogP contribution in [0.3, 0.4) is 0 Å².